The number of carbonyl (C=O) groups excluding carboxylic acids is 2. The second-order valence-electron chi connectivity index (χ2n) is 2.90. The summed E-state index contributed by atoms with van der Waals surface area (Å²) in [6, 6.07) is 0. The Morgan fingerprint density at radius 1 is 1.20 bits per heavy atom. The fourth-order valence-electron chi connectivity index (χ4n) is 0.953. The first-order valence-electron chi connectivity index (χ1n) is 4.70. The monoisotopic (exact) mass is 252 g/mol. The number of rotatable bonds is 7. The van der Waals surface area contributed by atoms with Crippen molar-refractivity contribution in [3.63, 3.8) is 0 Å². The van der Waals surface area contributed by atoms with Crippen LogP contribution in [0.1, 0.15) is 19.8 Å². The summed E-state index contributed by atoms with van der Waals surface area (Å²) in [5.74, 6) is -0.764. The zero-order valence-corrected chi connectivity index (χ0v) is 10.4. The Kier molecular flexibility index (Phi) is 8.70. The molecule has 0 rings (SSSR count). The minimum atomic E-state index is -0.415. The second-order valence-corrected chi connectivity index (χ2v) is 3.53. The molecule has 0 spiro atoms. The first-order chi connectivity index (χ1) is 7.13. The Bertz CT molecular complexity index is 208. The van der Waals surface area contributed by atoms with Crippen LogP contribution in [0.2, 0.25) is 0 Å². The lowest BCUT2D eigenvalue weighted by atomic mass is 10.2. The summed E-state index contributed by atoms with van der Waals surface area (Å²) in [4.78, 5) is 21.8. The molecular weight excluding hydrogens is 236 g/mol. The molecule has 1 atom stereocenters. The van der Waals surface area contributed by atoms with Crippen molar-refractivity contribution in [3.05, 3.63) is 0 Å². The molecule has 0 fully saturated rings. The highest BCUT2D eigenvalue weighted by atomic mass is 32.1. The Hall–Kier alpha value is -0.360. The van der Waals surface area contributed by atoms with Crippen molar-refractivity contribution in [2.75, 3.05) is 18.1 Å². The van der Waals surface area contributed by atoms with E-state index < -0.39 is 11.9 Å². The number of thiol groups is 2. The summed E-state index contributed by atoms with van der Waals surface area (Å²) in [5.41, 5.74) is 0. The van der Waals surface area contributed by atoms with Gasteiger partial charge in [-0.15, -0.1) is 0 Å². The molecule has 88 valence electrons. The third kappa shape index (κ3) is 7.56. The fraction of sp³-hybridized carbons (Fsp3) is 0.778. The molecule has 6 heteroatoms. The van der Waals surface area contributed by atoms with Gasteiger partial charge < -0.3 is 9.47 Å². The largest absolute Gasteiger partial charge is 0.461 e. The molecule has 0 aromatic rings. The van der Waals surface area contributed by atoms with Gasteiger partial charge in [0.05, 0.1) is 11.5 Å². The number of hydrogen-bond acceptors (Lipinski definition) is 6. The predicted molar refractivity (Wildman–Crippen MR) is 63.5 cm³/mol. The van der Waals surface area contributed by atoms with Crippen LogP contribution < -0.4 is 0 Å². The average molecular weight is 252 g/mol. The number of ether oxygens (including phenoxy) is 2. The maximum atomic E-state index is 11.0. The topological polar surface area (TPSA) is 52.6 Å². The van der Waals surface area contributed by atoms with E-state index in [1.807, 2.05) is 6.92 Å². The molecule has 0 saturated heterocycles. The lowest BCUT2D eigenvalue weighted by molar-refractivity contribution is -0.156. The lowest BCUT2D eigenvalue weighted by Gasteiger charge is -2.16. The van der Waals surface area contributed by atoms with Crippen LogP contribution in [-0.2, 0) is 19.1 Å². The van der Waals surface area contributed by atoms with Crippen molar-refractivity contribution < 1.29 is 19.1 Å². The quantitative estimate of drug-likeness (QED) is 0.526. The van der Waals surface area contributed by atoms with Crippen LogP contribution in [0.5, 0.6) is 0 Å². The van der Waals surface area contributed by atoms with Gasteiger partial charge in [-0.3, -0.25) is 9.59 Å². The van der Waals surface area contributed by atoms with Gasteiger partial charge in [0.1, 0.15) is 12.7 Å². The van der Waals surface area contributed by atoms with Gasteiger partial charge in [-0.1, -0.05) is 13.3 Å². The smallest absolute Gasteiger partial charge is 0.316 e. The van der Waals surface area contributed by atoms with Gasteiger partial charge in [0.15, 0.2) is 0 Å². The van der Waals surface area contributed by atoms with E-state index >= 15 is 0 Å². The predicted octanol–water partition coefficient (Wildman–Crippen LogP) is 1.10. The van der Waals surface area contributed by atoms with E-state index in [-0.39, 0.29) is 24.2 Å². The maximum Gasteiger partial charge on any atom is 0.316 e. The van der Waals surface area contributed by atoms with Crippen LogP contribution in [0.4, 0.5) is 0 Å². The van der Waals surface area contributed by atoms with Gasteiger partial charge in [-0.05, 0) is 6.42 Å². The van der Waals surface area contributed by atoms with Gasteiger partial charge in [0, 0.05) is 0 Å². The summed E-state index contributed by atoms with van der Waals surface area (Å²) in [6.45, 7) is 2.05. The second kappa shape index (κ2) is 8.91. The van der Waals surface area contributed by atoms with E-state index in [9.17, 15) is 9.59 Å². The van der Waals surface area contributed by atoms with Gasteiger partial charge in [-0.25, -0.2) is 0 Å². The van der Waals surface area contributed by atoms with Crippen LogP contribution in [0.25, 0.3) is 0 Å². The van der Waals surface area contributed by atoms with Crippen LogP contribution in [-0.4, -0.2) is 36.2 Å². The molecule has 4 nitrogen and oxygen atoms in total. The molecule has 0 heterocycles. The molecular formula is C9H16O4S2. The van der Waals surface area contributed by atoms with Crippen molar-refractivity contribution in [2.24, 2.45) is 0 Å². The first kappa shape index (κ1) is 14.6. The SMILES string of the molecule is CCCC(COC(=O)CS)OC(=O)CS. The van der Waals surface area contributed by atoms with Gasteiger partial charge >= 0.3 is 11.9 Å². The van der Waals surface area contributed by atoms with Gasteiger partial charge in [0.25, 0.3) is 0 Å². The standard InChI is InChI=1S/C9H16O4S2/c1-2-3-7(13-9(11)6-15)4-12-8(10)5-14/h7,14-15H,2-6H2,1H3. The van der Waals surface area contributed by atoms with Crippen molar-refractivity contribution >= 4 is 37.2 Å². The van der Waals surface area contributed by atoms with E-state index in [1.165, 1.54) is 0 Å². The van der Waals surface area contributed by atoms with Crippen LogP contribution in [0, 0.1) is 0 Å². The van der Waals surface area contributed by atoms with Crippen molar-refractivity contribution in [2.45, 2.75) is 25.9 Å². The third-order valence-corrected chi connectivity index (χ3v) is 2.11. The molecule has 1 unspecified atom stereocenters. The minimum absolute atomic E-state index is 0.0271. The molecule has 0 aliphatic carbocycles. The average Bonchev–Trinajstić information content (AvgIpc) is 2.25. The van der Waals surface area contributed by atoms with Crippen LogP contribution in [0.3, 0.4) is 0 Å². The molecule has 0 aliphatic heterocycles. The number of esters is 2. The van der Waals surface area contributed by atoms with Crippen molar-refractivity contribution in [1.82, 2.24) is 0 Å². The highest BCUT2D eigenvalue weighted by Gasteiger charge is 2.14. The highest BCUT2D eigenvalue weighted by molar-refractivity contribution is 7.81. The summed E-state index contributed by atoms with van der Waals surface area (Å²) in [6.07, 6.45) is 1.14. The number of hydrogen-bond donors (Lipinski definition) is 2. The van der Waals surface area contributed by atoms with E-state index in [0.29, 0.717) is 6.42 Å². The van der Waals surface area contributed by atoms with Crippen LogP contribution in [0.15, 0.2) is 0 Å². The molecule has 0 aromatic carbocycles. The summed E-state index contributed by atoms with van der Waals surface area (Å²) in [5, 5.41) is 0. The Balaban J connectivity index is 3.92. The summed E-state index contributed by atoms with van der Waals surface area (Å²) in [7, 11) is 0. The van der Waals surface area contributed by atoms with Crippen molar-refractivity contribution in [1.29, 1.82) is 0 Å². The van der Waals surface area contributed by atoms with Gasteiger partial charge in [0.2, 0.25) is 0 Å². The minimum Gasteiger partial charge on any atom is -0.461 e. The highest BCUT2D eigenvalue weighted by Crippen LogP contribution is 2.04. The molecule has 0 saturated carbocycles. The molecule has 0 N–H and O–H groups in total. The Labute approximate surface area is 101 Å². The molecule has 0 bridgehead atoms. The van der Waals surface area contributed by atoms with E-state index in [2.05, 4.69) is 25.3 Å². The van der Waals surface area contributed by atoms with Crippen LogP contribution >= 0.6 is 25.3 Å². The molecule has 0 radical (unpaired) electrons. The molecule has 0 aliphatic rings. The molecule has 0 aromatic heterocycles. The molecule has 0 amide bonds. The summed E-state index contributed by atoms with van der Waals surface area (Å²) < 4.78 is 9.85. The Morgan fingerprint density at radius 3 is 2.27 bits per heavy atom. The summed E-state index contributed by atoms with van der Waals surface area (Å²) >= 11 is 7.55. The maximum absolute atomic E-state index is 11.0. The van der Waals surface area contributed by atoms with E-state index in [4.69, 9.17) is 9.47 Å². The number of carbonyl (C=O) groups is 2. The third-order valence-electron chi connectivity index (χ3n) is 1.60. The molecule has 15 heavy (non-hydrogen) atoms. The first-order valence-corrected chi connectivity index (χ1v) is 5.97. The zero-order chi connectivity index (χ0) is 11.7. The van der Waals surface area contributed by atoms with E-state index in [0.717, 1.165) is 6.42 Å². The van der Waals surface area contributed by atoms with Gasteiger partial charge in [-0.2, -0.15) is 25.3 Å². The normalized spacial score (nSPS) is 11.9. The van der Waals surface area contributed by atoms with Crippen molar-refractivity contribution in [3.8, 4) is 0 Å². The fourth-order valence-corrected chi connectivity index (χ4v) is 1.12. The Morgan fingerprint density at radius 2 is 1.80 bits per heavy atom. The lowest BCUT2D eigenvalue weighted by Crippen LogP contribution is -2.26. The zero-order valence-electron chi connectivity index (χ0n) is 8.64. The van der Waals surface area contributed by atoms with E-state index in [1.54, 1.807) is 0 Å².